The number of aromatic nitrogens is 4. The van der Waals surface area contributed by atoms with E-state index in [-0.39, 0.29) is 22.8 Å². The average Bonchev–Trinajstić information content (AvgIpc) is 3.49. The van der Waals surface area contributed by atoms with Crippen LogP contribution in [0.15, 0.2) is 73.1 Å². The first-order chi connectivity index (χ1) is 15.8. The molecule has 2 aromatic heterocycles. The molecule has 33 heavy (non-hydrogen) atoms. The molecule has 0 saturated heterocycles. The van der Waals surface area contributed by atoms with E-state index in [4.69, 9.17) is 0 Å². The van der Waals surface area contributed by atoms with Crippen molar-refractivity contribution in [3.8, 4) is 11.4 Å². The molecule has 1 amide bonds. The van der Waals surface area contributed by atoms with Gasteiger partial charge in [-0.05, 0) is 36.4 Å². The third kappa shape index (κ3) is 4.47. The molecule has 0 aliphatic rings. The number of ether oxygens (including phenoxy) is 1. The summed E-state index contributed by atoms with van der Waals surface area (Å²) in [5.41, 5.74) is -0.595. The van der Waals surface area contributed by atoms with E-state index in [1.165, 1.54) is 41.0 Å². The number of halogens is 3. The molecule has 2 heterocycles. The lowest BCUT2D eigenvalue weighted by molar-refractivity contribution is -0.137. The summed E-state index contributed by atoms with van der Waals surface area (Å²) in [6.07, 6.45) is -1.63. The largest absolute Gasteiger partial charge is 0.464 e. The van der Waals surface area contributed by atoms with E-state index in [0.717, 1.165) is 12.1 Å². The lowest BCUT2D eigenvalue weighted by atomic mass is 10.1. The summed E-state index contributed by atoms with van der Waals surface area (Å²) in [6, 6.07) is 14.2. The quantitative estimate of drug-likeness (QED) is 0.458. The van der Waals surface area contributed by atoms with Crippen LogP contribution in [0.1, 0.15) is 26.5 Å². The summed E-state index contributed by atoms with van der Waals surface area (Å²) in [6.45, 7) is 0. The summed E-state index contributed by atoms with van der Waals surface area (Å²) in [5, 5.41) is 10.7. The molecule has 4 aromatic rings. The van der Waals surface area contributed by atoms with Crippen LogP contribution in [0, 0.1) is 0 Å². The van der Waals surface area contributed by atoms with Gasteiger partial charge < -0.3 is 10.1 Å². The Kier molecular flexibility index (Phi) is 5.69. The first-order valence-electron chi connectivity index (χ1n) is 9.54. The minimum absolute atomic E-state index is 0.0783. The maximum absolute atomic E-state index is 13.3. The van der Waals surface area contributed by atoms with Crippen molar-refractivity contribution in [3.63, 3.8) is 0 Å². The van der Waals surface area contributed by atoms with E-state index in [1.54, 1.807) is 36.4 Å². The Morgan fingerprint density at radius 2 is 1.79 bits per heavy atom. The van der Waals surface area contributed by atoms with Crippen molar-refractivity contribution < 1.29 is 27.5 Å². The fraction of sp³-hybridized carbons (Fsp3) is 0.0909. The Morgan fingerprint density at radius 3 is 2.42 bits per heavy atom. The first-order valence-corrected chi connectivity index (χ1v) is 9.54. The highest BCUT2D eigenvalue weighted by atomic mass is 19.4. The highest BCUT2D eigenvalue weighted by Crippen LogP contribution is 2.33. The van der Waals surface area contributed by atoms with Crippen molar-refractivity contribution in [2.45, 2.75) is 6.18 Å². The summed E-state index contributed by atoms with van der Waals surface area (Å²) in [4.78, 5) is 25.2. The Balaban J connectivity index is 1.78. The molecule has 0 saturated carbocycles. The molecular formula is C22H16F3N5O3. The summed E-state index contributed by atoms with van der Waals surface area (Å²) < 4.78 is 47.2. The molecule has 0 unspecified atom stereocenters. The van der Waals surface area contributed by atoms with Crippen LogP contribution in [0.2, 0.25) is 0 Å². The standard InChI is InChI=1S/C22H16F3N5O3/c1-33-21(32)17-13-19(30(28-17)15-6-3-2-4-7-15)20(31)27-16-12-14(22(23,24)25)8-9-18(16)29-11-5-10-26-29/h2-13H,1H3,(H,27,31). The number of carbonyl (C=O) groups excluding carboxylic acids is 2. The number of benzene rings is 2. The van der Waals surface area contributed by atoms with Crippen molar-refractivity contribution in [2.24, 2.45) is 0 Å². The van der Waals surface area contributed by atoms with Gasteiger partial charge in [-0.1, -0.05) is 18.2 Å². The van der Waals surface area contributed by atoms with Gasteiger partial charge in [0.05, 0.1) is 29.7 Å². The predicted molar refractivity (Wildman–Crippen MR) is 111 cm³/mol. The van der Waals surface area contributed by atoms with Gasteiger partial charge in [0.25, 0.3) is 5.91 Å². The predicted octanol–water partition coefficient (Wildman–Crippen LogP) is 4.12. The molecule has 0 aliphatic heterocycles. The van der Waals surface area contributed by atoms with Crippen LogP contribution in [-0.4, -0.2) is 38.5 Å². The number of rotatable bonds is 5. The van der Waals surface area contributed by atoms with Gasteiger partial charge in [0.2, 0.25) is 0 Å². The van der Waals surface area contributed by atoms with Gasteiger partial charge in [-0.15, -0.1) is 0 Å². The van der Waals surface area contributed by atoms with Gasteiger partial charge in [-0.3, -0.25) is 4.79 Å². The average molecular weight is 455 g/mol. The molecule has 1 N–H and O–H groups in total. The Labute approximate surface area is 185 Å². The number of amides is 1. The third-order valence-corrected chi connectivity index (χ3v) is 4.66. The number of methoxy groups -OCH3 is 1. The molecule has 0 atom stereocenters. The van der Waals surface area contributed by atoms with E-state index in [9.17, 15) is 22.8 Å². The Hall–Kier alpha value is -4.41. The lowest BCUT2D eigenvalue weighted by Crippen LogP contribution is -2.19. The molecule has 0 fully saturated rings. The molecular weight excluding hydrogens is 439 g/mol. The van der Waals surface area contributed by atoms with Crippen LogP contribution in [0.3, 0.4) is 0 Å². The van der Waals surface area contributed by atoms with Gasteiger partial charge in [-0.25, -0.2) is 14.2 Å². The SMILES string of the molecule is COC(=O)c1cc(C(=O)Nc2cc(C(F)(F)F)ccc2-n2cccn2)n(-c2ccccc2)n1. The van der Waals surface area contributed by atoms with Gasteiger partial charge in [0.1, 0.15) is 5.69 Å². The van der Waals surface area contributed by atoms with E-state index in [0.29, 0.717) is 5.69 Å². The van der Waals surface area contributed by atoms with E-state index in [1.807, 2.05) is 0 Å². The molecule has 2 aromatic carbocycles. The minimum Gasteiger partial charge on any atom is -0.464 e. The van der Waals surface area contributed by atoms with Gasteiger partial charge >= 0.3 is 12.1 Å². The zero-order valence-corrected chi connectivity index (χ0v) is 17.1. The molecule has 8 nitrogen and oxygen atoms in total. The lowest BCUT2D eigenvalue weighted by Gasteiger charge is -2.15. The normalized spacial score (nSPS) is 11.3. The fourth-order valence-electron chi connectivity index (χ4n) is 3.12. The van der Waals surface area contributed by atoms with Gasteiger partial charge in [0, 0.05) is 18.5 Å². The number of alkyl halides is 3. The maximum Gasteiger partial charge on any atom is 0.416 e. The van der Waals surface area contributed by atoms with Crippen molar-refractivity contribution in [1.29, 1.82) is 0 Å². The molecule has 168 valence electrons. The van der Waals surface area contributed by atoms with Crippen LogP contribution < -0.4 is 5.32 Å². The minimum atomic E-state index is -4.62. The van der Waals surface area contributed by atoms with Crippen molar-refractivity contribution in [1.82, 2.24) is 19.6 Å². The maximum atomic E-state index is 13.3. The summed E-state index contributed by atoms with van der Waals surface area (Å²) >= 11 is 0. The topological polar surface area (TPSA) is 91.0 Å². The van der Waals surface area contributed by atoms with E-state index < -0.39 is 23.6 Å². The second kappa shape index (κ2) is 8.61. The number of hydrogen-bond donors (Lipinski definition) is 1. The molecule has 11 heteroatoms. The number of esters is 1. The van der Waals surface area contributed by atoms with Gasteiger partial charge in [-0.2, -0.15) is 23.4 Å². The van der Waals surface area contributed by atoms with Crippen molar-refractivity contribution >= 4 is 17.6 Å². The Bertz CT molecular complexity index is 1300. The van der Waals surface area contributed by atoms with Crippen LogP contribution in [-0.2, 0) is 10.9 Å². The first kappa shape index (κ1) is 21.8. The van der Waals surface area contributed by atoms with E-state index in [2.05, 4.69) is 20.3 Å². The smallest absolute Gasteiger partial charge is 0.416 e. The van der Waals surface area contributed by atoms with Crippen molar-refractivity contribution in [3.05, 3.63) is 90.0 Å². The summed E-state index contributed by atoms with van der Waals surface area (Å²) in [7, 11) is 1.17. The number of carbonyl (C=O) groups is 2. The molecule has 0 spiro atoms. The molecule has 0 bridgehead atoms. The second-order valence-corrected chi connectivity index (χ2v) is 6.79. The van der Waals surface area contributed by atoms with Gasteiger partial charge in [0.15, 0.2) is 5.69 Å². The van der Waals surface area contributed by atoms with E-state index >= 15 is 0 Å². The number of nitrogens with zero attached hydrogens (tertiary/aromatic N) is 4. The number of hydrogen-bond acceptors (Lipinski definition) is 5. The second-order valence-electron chi connectivity index (χ2n) is 6.79. The van der Waals surface area contributed by atoms with Crippen molar-refractivity contribution in [2.75, 3.05) is 12.4 Å². The highest BCUT2D eigenvalue weighted by molar-refractivity contribution is 6.05. The third-order valence-electron chi connectivity index (χ3n) is 4.66. The van der Waals surface area contributed by atoms with Crippen LogP contribution in [0.5, 0.6) is 0 Å². The number of para-hydroxylation sites is 1. The fourth-order valence-corrected chi connectivity index (χ4v) is 3.12. The number of anilines is 1. The van der Waals surface area contributed by atoms with Crippen LogP contribution in [0.4, 0.5) is 18.9 Å². The molecule has 0 aliphatic carbocycles. The number of nitrogens with one attached hydrogen (secondary N) is 1. The zero-order valence-electron chi connectivity index (χ0n) is 17.1. The summed E-state index contributed by atoms with van der Waals surface area (Å²) in [5.74, 6) is -1.55. The molecule has 0 radical (unpaired) electrons. The molecule has 4 rings (SSSR count). The van der Waals surface area contributed by atoms with Crippen LogP contribution in [0.25, 0.3) is 11.4 Å². The van der Waals surface area contributed by atoms with Crippen LogP contribution >= 0.6 is 0 Å². The Morgan fingerprint density at radius 1 is 1.03 bits per heavy atom. The monoisotopic (exact) mass is 455 g/mol. The highest BCUT2D eigenvalue weighted by Gasteiger charge is 2.32. The zero-order chi connectivity index (χ0) is 23.6.